The van der Waals surface area contributed by atoms with E-state index in [1.54, 1.807) is 12.1 Å². The van der Waals surface area contributed by atoms with Crippen molar-refractivity contribution < 1.29 is 34.1 Å². The maximum absolute atomic E-state index is 14.7. The zero-order chi connectivity index (χ0) is 29.1. The van der Waals surface area contributed by atoms with E-state index in [1.165, 1.54) is 0 Å². The average molecular weight is 553 g/mol. The van der Waals surface area contributed by atoms with Crippen LogP contribution in [0.25, 0.3) is 27.3 Å². The minimum atomic E-state index is -1.27. The van der Waals surface area contributed by atoms with Gasteiger partial charge in [-0.15, -0.1) is 0 Å². The van der Waals surface area contributed by atoms with Crippen molar-refractivity contribution >= 4 is 45.0 Å². The Morgan fingerprint density at radius 1 is 0.854 bits per heavy atom. The number of carbonyl (C=O) groups is 3. The molecule has 4 aromatic rings. The third-order valence-corrected chi connectivity index (χ3v) is 7.91. The first kappa shape index (κ1) is 27.9. The van der Waals surface area contributed by atoms with E-state index < -0.39 is 24.1 Å². The molecule has 2 N–H and O–H groups in total. The van der Waals surface area contributed by atoms with Crippen LogP contribution in [0.2, 0.25) is 0 Å². The normalized spacial score (nSPS) is 16.9. The molecule has 7 heteroatoms. The predicted molar refractivity (Wildman–Crippen MR) is 157 cm³/mol. The highest BCUT2D eigenvalue weighted by Crippen LogP contribution is 2.46. The van der Waals surface area contributed by atoms with Gasteiger partial charge in [0.05, 0.1) is 12.0 Å². The average Bonchev–Trinajstić information content (AvgIpc) is 2.98. The molecule has 0 aliphatic carbocycles. The van der Waals surface area contributed by atoms with Crippen LogP contribution in [0.15, 0.2) is 78.4 Å². The molecule has 0 spiro atoms. The Bertz CT molecular complexity index is 1700. The number of allylic oxidation sites excluding steroid dienone is 1. The van der Waals surface area contributed by atoms with Crippen LogP contribution in [0, 0.1) is 0 Å². The summed E-state index contributed by atoms with van der Waals surface area (Å²) in [5.74, 6) is -1.64. The molecule has 4 aromatic carbocycles. The molecule has 0 saturated heterocycles. The van der Waals surface area contributed by atoms with Gasteiger partial charge in [0.2, 0.25) is 5.78 Å². The van der Waals surface area contributed by atoms with E-state index in [-0.39, 0.29) is 23.5 Å². The fourth-order valence-electron chi connectivity index (χ4n) is 5.79. The second kappa shape index (κ2) is 11.5. The number of Topliss-reactive ketones (excluding diaryl/α,β-unsaturated/α-hetero) is 1. The van der Waals surface area contributed by atoms with Gasteiger partial charge < -0.3 is 19.7 Å². The Hall–Kier alpha value is -4.65. The molecule has 0 fully saturated rings. The van der Waals surface area contributed by atoms with Gasteiger partial charge in [-0.2, -0.15) is 0 Å². The molecule has 0 amide bonds. The number of carboxylic acids is 2. The van der Waals surface area contributed by atoms with Gasteiger partial charge >= 0.3 is 11.9 Å². The van der Waals surface area contributed by atoms with E-state index in [9.17, 15) is 24.6 Å². The quantitative estimate of drug-likeness (QED) is 0.203. The van der Waals surface area contributed by atoms with Gasteiger partial charge in [-0.1, -0.05) is 80.6 Å². The summed E-state index contributed by atoms with van der Waals surface area (Å²) in [6.07, 6.45) is 1.87. The fraction of sp³-hybridized carbons (Fsp3) is 0.265. The molecule has 0 radical (unpaired) electrons. The first-order valence-electron chi connectivity index (χ1n) is 13.8. The maximum Gasteiger partial charge on any atom is 0.341 e. The second-order valence-corrected chi connectivity index (χ2v) is 10.3. The van der Waals surface area contributed by atoms with Crippen LogP contribution in [0.5, 0.6) is 5.75 Å². The number of aliphatic carboxylic acids is 2. The highest BCUT2D eigenvalue weighted by Gasteiger charge is 2.45. The van der Waals surface area contributed by atoms with E-state index in [4.69, 9.17) is 9.47 Å². The number of ether oxygens (including phenoxy) is 2. The number of hydrogen-bond acceptors (Lipinski definition) is 5. The van der Waals surface area contributed by atoms with E-state index in [1.807, 2.05) is 74.5 Å². The van der Waals surface area contributed by atoms with Gasteiger partial charge in [-0.25, -0.2) is 4.79 Å². The molecular weight excluding hydrogens is 520 g/mol. The van der Waals surface area contributed by atoms with E-state index in [0.717, 1.165) is 21.7 Å². The number of hydrogen-bond donors (Lipinski definition) is 2. The van der Waals surface area contributed by atoms with Gasteiger partial charge in [0.25, 0.3) is 0 Å². The second-order valence-electron chi connectivity index (χ2n) is 10.3. The minimum absolute atomic E-state index is 0.187. The molecule has 0 aromatic heterocycles. The number of fused-ring (bicyclic) bond motifs is 2. The standard InChI is InChI=1S/C34H32O7/c1-3-21-17-18-34(4-2,33(39)31-26-12-8-6-10-23(26)15-16-27(31)40-20-29(37)38)41-32(21)30-24(19-28(35)36)14-13-22-9-5-7-11-25(22)30/h5-16H,3-4,17-20H2,1-2H3,(H,35,36)(H,37,38). The summed E-state index contributed by atoms with van der Waals surface area (Å²) >= 11 is 0. The summed E-state index contributed by atoms with van der Waals surface area (Å²) in [6, 6.07) is 22.3. The number of ketones is 1. The van der Waals surface area contributed by atoms with Crippen molar-refractivity contribution in [2.45, 2.75) is 51.6 Å². The number of benzene rings is 4. The molecular formula is C34H32O7. The zero-order valence-electron chi connectivity index (χ0n) is 23.1. The molecule has 1 atom stereocenters. The Balaban J connectivity index is 1.69. The highest BCUT2D eigenvalue weighted by atomic mass is 16.5. The number of carboxylic acid groups (broad SMARTS) is 2. The molecule has 5 rings (SSSR count). The summed E-state index contributed by atoms with van der Waals surface area (Å²) in [5.41, 5.74) is 1.36. The topological polar surface area (TPSA) is 110 Å². The Kier molecular flexibility index (Phi) is 7.79. The van der Waals surface area contributed by atoms with Crippen molar-refractivity contribution in [2.24, 2.45) is 0 Å². The molecule has 1 unspecified atom stereocenters. The molecule has 41 heavy (non-hydrogen) atoms. The SMILES string of the molecule is CCC1=C(c2c(CC(=O)O)ccc3ccccc23)OC(CC)(C(=O)c2c(OCC(=O)O)ccc3ccccc23)CC1. The third-order valence-electron chi connectivity index (χ3n) is 7.91. The smallest absolute Gasteiger partial charge is 0.341 e. The minimum Gasteiger partial charge on any atom is -0.481 e. The molecule has 1 aliphatic heterocycles. The van der Waals surface area contributed by atoms with Gasteiger partial charge in [0, 0.05) is 5.56 Å². The maximum atomic E-state index is 14.7. The van der Waals surface area contributed by atoms with Crippen molar-refractivity contribution in [3.8, 4) is 5.75 Å². The van der Waals surface area contributed by atoms with Crippen LogP contribution >= 0.6 is 0 Å². The highest BCUT2D eigenvalue weighted by molar-refractivity contribution is 6.14. The molecule has 7 nitrogen and oxygen atoms in total. The summed E-state index contributed by atoms with van der Waals surface area (Å²) in [7, 11) is 0. The van der Waals surface area contributed by atoms with Crippen molar-refractivity contribution in [2.75, 3.05) is 6.61 Å². The molecule has 0 saturated carbocycles. The van der Waals surface area contributed by atoms with Crippen LogP contribution in [0.4, 0.5) is 0 Å². The third kappa shape index (κ3) is 5.27. The van der Waals surface area contributed by atoms with Crippen molar-refractivity contribution in [3.63, 3.8) is 0 Å². The lowest BCUT2D eigenvalue weighted by Crippen LogP contribution is -2.43. The Labute approximate surface area is 238 Å². The molecule has 1 aliphatic rings. The summed E-state index contributed by atoms with van der Waals surface area (Å²) in [6.45, 7) is 3.35. The van der Waals surface area contributed by atoms with Crippen LogP contribution in [-0.2, 0) is 20.7 Å². The largest absolute Gasteiger partial charge is 0.481 e. The first-order chi connectivity index (χ1) is 19.8. The van der Waals surface area contributed by atoms with E-state index in [2.05, 4.69) is 0 Å². The predicted octanol–water partition coefficient (Wildman–Crippen LogP) is 7.05. The van der Waals surface area contributed by atoms with E-state index in [0.29, 0.717) is 48.0 Å². The summed E-state index contributed by atoms with van der Waals surface area (Å²) < 4.78 is 12.5. The molecule has 0 bridgehead atoms. The van der Waals surface area contributed by atoms with Crippen molar-refractivity contribution in [1.82, 2.24) is 0 Å². The van der Waals surface area contributed by atoms with Gasteiger partial charge in [-0.05, 0) is 64.4 Å². The van der Waals surface area contributed by atoms with Crippen LogP contribution in [0.3, 0.4) is 0 Å². The van der Waals surface area contributed by atoms with Gasteiger partial charge in [0.1, 0.15) is 11.5 Å². The lowest BCUT2D eigenvalue weighted by molar-refractivity contribution is -0.139. The lowest BCUT2D eigenvalue weighted by Gasteiger charge is -2.39. The van der Waals surface area contributed by atoms with E-state index >= 15 is 0 Å². The van der Waals surface area contributed by atoms with Crippen LogP contribution < -0.4 is 4.74 Å². The van der Waals surface area contributed by atoms with Crippen molar-refractivity contribution in [1.29, 1.82) is 0 Å². The number of rotatable bonds is 10. The Morgan fingerprint density at radius 2 is 1.51 bits per heavy atom. The Morgan fingerprint density at radius 3 is 2.17 bits per heavy atom. The van der Waals surface area contributed by atoms with Gasteiger partial charge in [-0.3, -0.25) is 9.59 Å². The monoisotopic (exact) mass is 552 g/mol. The summed E-state index contributed by atoms with van der Waals surface area (Å²) in [5, 5.41) is 22.3. The lowest BCUT2D eigenvalue weighted by atomic mass is 9.79. The van der Waals surface area contributed by atoms with Crippen LogP contribution in [-0.4, -0.2) is 40.1 Å². The van der Waals surface area contributed by atoms with Gasteiger partial charge in [0.15, 0.2) is 12.2 Å². The molecule has 1 heterocycles. The fourth-order valence-corrected chi connectivity index (χ4v) is 5.79. The number of carbonyl (C=O) groups excluding carboxylic acids is 1. The van der Waals surface area contributed by atoms with Crippen molar-refractivity contribution in [3.05, 3.63) is 95.1 Å². The zero-order valence-corrected chi connectivity index (χ0v) is 23.1. The molecule has 210 valence electrons. The summed E-state index contributed by atoms with van der Waals surface area (Å²) in [4.78, 5) is 37.9. The van der Waals surface area contributed by atoms with Crippen LogP contribution in [0.1, 0.15) is 61.0 Å². The first-order valence-corrected chi connectivity index (χ1v) is 13.8.